The summed E-state index contributed by atoms with van der Waals surface area (Å²) in [4.78, 5) is 33.2. The zero-order valence-corrected chi connectivity index (χ0v) is 50.8. The predicted octanol–water partition coefficient (Wildman–Crippen LogP) is 10.7. The van der Waals surface area contributed by atoms with Crippen molar-refractivity contribution < 1.29 is 50.1 Å². The number of allylic oxidation sites excluding steroid dienone is 2. The number of aromatic nitrogens is 1. The van der Waals surface area contributed by atoms with Gasteiger partial charge in [-0.1, -0.05) is 99.7 Å². The van der Waals surface area contributed by atoms with Crippen LogP contribution >= 0.6 is 0 Å². The third-order valence-corrected chi connectivity index (χ3v) is 19.2. The monoisotopic (exact) mass is 1180 g/mol. The van der Waals surface area contributed by atoms with Crippen molar-refractivity contribution in [1.82, 2.24) is 15.6 Å². The van der Waals surface area contributed by atoms with Gasteiger partial charge in [-0.05, 0) is 186 Å². The summed E-state index contributed by atoms with van der Waals surface area (Å²) in [6.07, 6.45) is 10.2. The Morgan fingerprint density at radius 1 is 0.793 bits per heavy atom. The Balaban J connectivity index is 1.05. The fourth-order valence-corrected chi connectivity index (χ4v) is 14.3. The molecule has 1 fully saturated rings. The number of anilines is 1. The number of methoxy groups -OCH3 is 1. The summed E-state index contributed by atoms with van der Waals surface area (Å²) in [5.41, 5.74) is 9.40. The Kier molecular flexibility index (Phi) is 20.6. The molecule has 5 aromatic carbocycles. The molecule has 11 N–H and O–H groups in total. The van der Waals surface area contributed by atoms with E-state index in [0.717, 1.165) is 69.7 Å². The van der Waals surface area contributed by atoms with Gasteiger partial charge in [0.25, 0.3) is 0 Å². The lowest BCUT2D eigenvalue weighted by molar-refractivity contribution is -0.142. The maximum absolute atomic E-state index is 15.3. The summed E-state index contributed by atoms with van der Waals surface area (Å²) in [5, 5.41) is 91.6. The molecule has 11 atom stereocenters. The topological polar surface area (TPSA) is 237 Å². The molecule has 460 valence electrons. The van der Waals surface area contributed by atoms with Crippen LogP contribution in [0.3, 0.4) is 0 Å². The molecule has 2 aliphatic carbocycles. The number of rotatable bonds is 11. The van der Waals surface area contributed by atoms with E-state index in [4.69, 9.17) is 4.74 Å². The summed E-state index contributed by atoms with van der Waals surface area (Å²) in [5.74, 6) is 5.40. The molecule has 1 saturated carbocycles. The van der Waals surface area contributed by atoms with Gasteiger partial charge in [0.05, 0.1) is 31.8 Å². The van der Waals surface area contributed by atoms with E-state index in [1.165, 1.54) is 7.11 Å². The lowest BCUT2D eigenvalue weighted by Gasteiger charge is -2.33. The summed E-state index contributed by atoms with van der Waals surface area (Å²) in [6.45, 7) is 7.69. The first kappa shape index (κ1) is 62.7. The van der Waals surface area contributed by atoms with Crippen molar-refractivity contribution in [3.8, 4) is 34.8 Å². The number of aliphatic hydroxyl groups excluding tert-OH is 4. The second kappa shape index (κ2) is 28.6. The second-order valence-corrected chi connectivity index (χ2v) is 25.4. The fourth-order valence-electron chi connectivity index (χ4n) is 14.3. The molecule has 0 saturated heterocycles. The number of phenols is 3. The van der Waals surface area contributed by atoms with Crippen molar-refractivity contribution in [2.45, 2.75) is 147 Å². The zero-order chi connectivity index (χ0) is 61.3. The first-order chi connectivity index (χ1) is 42.1. The van der Waals surface area contributed by atoms with Crippen LogP contribution in [0.5, 0.6) is 23.0 Å². The molecule has 1 aromatic heterocycles. The number of hydrogen-bond donors (Lipinski definition) is 11. The number of ether oxygens (including phenoxy) is 1. The molecule has 6 aromatic rings. The molecule has 9 bridgehead atoms. The van der Waals surface area contributed by atoms with Crippen LogP contribution in [-0.4, -0.2) is 97.4 Å². The van der Waals surface area contributed by atoms with E-state index >= 15 is 4.79 Å². The first-order valence-corrected chi connectivity index (χ1v) is 31.6. The number of fused-ring (bicyclic) bond motifs is 9. The van der Waals surface area contributed by atoms with Gasteiger partial charge in [0.1, 0.15) is 17.3 Å². The minimum Gasteiger partial charge on any atom is -0.508 e. The SMILES string of the molecule is CCC[C@@H]1[C@H]2C[C@@H](CC3=CCNC(=C3)Nc3ccc4ccc(c(O)c4c3)C[C@H](O)CNC[C@H](C)c3c[nH]c(c3)C[C@H]1O)C[C@@H]1C#C[C@H](c3ccccc3CC[C@H](C)CCc3cccc(O)c3CO)c3cc(O)c(OC)cc3CCC(=O)[C@H](O)C(=O)[C@H]1C2. The fraction of sp³-hybridized carbons (Fsp3) is 0.452. The maximum Gasteiger partial charge on any atom is 0.173 e. The summed E-state index contributed by atoms with van der Waals surface area (Å²) >= 11 is 0. The van der Waals surface area contributed by atoms with Crippen LogP contribution in [0.15, 0.2) is 121 Å². The number of β-amino-alcohol motifs (C(OH)–C–C–N with tert-alkyl or cyclic N) is 1. The normalized spacial score (nSPS) is 25.2. The standard InChI is InChI=1S/C73H88N4O10/c1-5-9-59-53-30-46(28-45-26-27-75-70(31-45)77-55-23-20-49-18-19-52(71(84)63(49)36-55)33-57(79)41-74-39-44(3)54-32-56(76-40-54)37-67(59)82)29-50-21-24-60(61-38-68(83)69(87-4)35-51(61)22-25-66(81)73(86)72(85)62(50)34-53)58-12-7-6-10-47(58)16-14-43(2)15-17-48-11-8-13-65(80)64(48)42-78/h6-8,10-13,18-20,23,26,31-32,35-36,38,40,43-44,46,50,53,57,59-60,62,67,73-80,82-84,86H,5,9,14-17,22,25,27-30,33-34,37,39,41-42H2,1-4H3/t43-,44-,46-,50-,53-,57-,59+,60+,62-,67+,73-/m0/s1. The van der Waals surface area contributed by atoms with Crippen LogP contribution < -0.4 is 20.7 Å². The molecular weight excluding hydrogens is 1090 g/mol. The minimum absolute atomic E-state index is 0.0475. The van der Waals surface area contributed by atoms with E-state index < -0.39 is 47.6 Å². The first-order valence-electron chi connectivity index (χ1n) is 31.6. The number of benzene rings is 5. The van der Waals surface area contributed by atoms with Gasteiger partial charge in [0.15, 0.2) is 29.2 Å². The third kappa shape index (κ3) is 15.0. The summed E-state index contributed by atoms with van der Waals surface area (Å²) in [7, 11) is 1.48. The van der Waals surface area contributed by atoms with Crippen molar-refractivity contribution in [3.63, 3.8) is 0 Å². The predicted molar refractivity (Wildman–Crippen MR) is 341 cm³/mol. The Hall–Kier alpha value is -7.38. The van der Waals surface area contributed by atoms with E-state index in [0.29, 0.717) is 98.6 Å². The van der Waals surface area contributed by atoms with E-state index in [-0.39, 0.29) is 78.5 Å². The lowest BCUT2D eigenvalue weighted by Crippen LogP contribution is -2.40. The molecule has 0 amide bonds. The average Bonchev–Trinajstić information content (AvgIpc) is 4.04. The van der Waals surface area contributed by atoms with E-state index in [1.54, 1.807) is 18.2 Å². The highest BCUT2D eigenvalue weighted by Gasteiger charge is 2.44. The number of H-pyrrole nitrogens is 1. The van der Waals surface area contributed by atoms with Crippen LogP contribution in [0.1, 0.15) is 141 Å². The molecule has 14 nitrogen and oxygen atoms in total. The molecule has 3 heterocycles. The van der Waals surface area contributed by atoms with E-state index in [1.807, 2.05) is 60.8 Å². The highest BCUT2D eigenvalue weighted by atomic mass is 16.5. The summed E-state index contributed by atoms with van der Waals surface area (Å²) in [6, 6.07) is 28.9. The molecular formula is C73H88N4O10. The molecule has 87 heavy (non-hydrogen) atoms. The van der Waals surface area contributed by atoms with Crippen LogP contribution in [0.25, 0.3) is 10.8 Å². The number of aliphatic hydroxyl groups is 4. The van der Waals surface area contributed by atoms with Gasteiger partial charge in [-0.3, -0.25) is 9.59 Å². The largest absolute Gasteiger partial charge is 0.508 e. The summed E-state index contributed by atoms with van der Waals surface area (Å²) < 4.78 is 5.64. The van der Waals surface area contributed by atoms with Crippen molar-refractivity contribution >= 4 is 28.0 Å². The lowest BCUT2D eigenvalue weighted by atomic mass is 9.73. The number of Topliss-reactive ketones (excluding diaryl/α,β-unsaturated/α-hetero) is 2. The smallest absolute Gasteiger partial charge is 0.173 e. The average molecular weight is 1180 g/mol. The van der Waals surface area contributed by atoms with Crippen LogP contribution in [0.4, 0.5) is 5.69 Å². The number of ketones is 2. The molecule has 2 aliphatic heterocycles. The number of aromatic amines is 1. The van der Waals surface area contributed by atoms with Crippen molar-refractivity contribution in [2.24, 2.45) is 35.5 Å². The minimum atomic E-state index is -1.88. The van der Waals surface area contributed by atoms with E-state index in [2.05, 4.69) is 83.9 Å². The number of nitrogens with one attached hydrogen (secondary N) is 4. The zero-order valence-electron chi connectivity index (χ0n) is 50.8. The van der Waals surface area contributed by atoms with Gasteiger partial charge >= 0.3 is 0 Å². The van der Waals surface area contributed by atoms with Gasteiger partial charge in [-0.25, -0.2) is 0 Å². The van der Waals surface area contributed by atoms with Crippen molar-refractivity contribution in [3.05, 3.63) is 171 Å². The van der Waals surface area contributed by atoms with Crippen LogP contribution in [-0.2, 0) is 48.3 Å². The number of hydrogen-bond acceptors (Lipinski definition) is 13. The van der Waals surface area contributed by atoms with Gasteiger partial charge in [0, 0.05) is 79.3 Å². The molecule has 0 unspecified atom stereocenters. The van der Waals surface area contributed by atoms with Gasteiger partial charge in [0.2, 0.25) is 0 Å². The molecule has 0 radical (unpaired) electrons. The van der Waals surface area contributed by atoms with Crippen LogP contribution in [0, 0.1) is 47.3 Å². The van der Waals surface area contributed by atoms with E-state index in [9.17, 15) is 40.5 Å². The van der Waals surface area contributed by atoms with Crippen molar-refractivity contribution in [1.29, 1.82) is 0 Å². The highest BCUT2D eigenvalue weighted by molar-refractivity contribution is 6.06. The van der Waals surface area contributed by atoms with Gasteiger partial charge in [-0.15, -0.1) is 0 Å². The highest BCUT2D eigenvalue weighted by Crippen LogP contribution is 2.46. The molecule has 10 rings (SSSR count). The Morgan fingerprint density at radius 3 is 2.39 bits per heavy atom. The van der Waals surface area contributed by atoms with Gasteiger partial charge < -0.3 is 61.4 Å². The van der Waals surface area contributed by atoms with Crippen LogP contribution in [0.2, 0.25) is 0 Å². The quantitative estimate of drug-likeness (QED) is 0.0428. The second-order valence-electron chi connectivity index (χ2n) is 25.4. The number of aromatic hydroxyl groups is 3. The number of phenolic OH excluding ortho intramolecular Hbond substituents is 2. The molecule has 14 heteroatoms. The number of dihydropyridines is 1. The number of aryl methyl sites for hydroxylation is 3. The number of carbonyl (C=O) groups excluding carboxylic acids is 2. The van der Waals surface area contributed by atoms with Crippen molar-refractivity contribution in [2.75, 3.05) is 32.1 Å². The number of carbonyl (C=O) groups is 2. The van der Waals surface area contributed by atoms with Gasteiger partial charge in [-0.2, -0.15) is 0 Å². The Morgan fingerprint density at radius 2 is 1.59 bits per heavy atom. The third-order valence-electron chi connectivity index (χ3n) is 19.2. The Bertz CT molecular complexity index is 3540. The molecule has 4 aliphatic rings. The molecule has 0 spiro atoms. The maximum atomic E-state index is 15.3. The Labute approximate surface area is 512 Å².